The summed E-state index contributed by atoms with van der Waals surface area (Å²) in [6.07, 6.45) is -0.140. The fourth-order valence-corrected chi connectivity index (χ4v) is 1.39. The second kappa shape index (κ2) is 5.95. The molecule has 1 N–H and O–H groups in total. The van der Waals surface area contributed by atoms with Gasteiger partial charge in [0.25, 0.3) is 5.91 Å². The number of ketones is 1. The molecule has 0 unspecified atom stereocenters. The van der Waals surface area contributed by atoms with E-state index in [0.29, 0.717) is 11.3 Å². The average Bonchev–Trinajstić information content (AvgIpc) is 2.27. The van der Waals surface area contributed by atoms with Gasteiger partial charge in [0.1, 0.15) is 5.78 Å². The van der Waals surface area contributed by atoms with Crippen LogP contribution < -0.4 is 5.32 Å². The van der Waals surface area contributed by atoms with Gasteiger partial charge in [0.05, 0.1) is 6.42 Å². The third kappa shape index (κ3) is 4.01. The molecule has 1 aromatic rings. The van der Waals surface area contributed by atoms with E-state index in [4.69, 9.17) is 0 Å². The number of Topliss-reactive ketones (excluding diaryl/α,β-unsaturated/α-hetero) is 1. The number of benzene rings is 1. The first-order valence-corrected chi connectivity index (χ1v) is 5.51. The molecule has 0 aromatic heterocycles. The maximum Gasteiger partial charge on any atom is 0.253 e. The molecule has 0 saturated heterocycles. The van der Waals surface area contributed by atoms with E-state index >= 15 is 0 Å². The molecule has 5 heteroatoms. The van der Waals surface area contributed by atoms with Gasteiger partial charge < -0.3 is 10.2 Å². The summed E-state index contributed by atoms with van der Waals surface area (Å²) >= 11 is 0. The van der Waals surface area contributed by atoms with Crippen LogP contribution in [0.1, 0.15) is 23.7 Å². The van der Waals surface area contributed by atoms with E-state index in [2.05, 4.69) is 5.32 Å². The number of anilines is 1. The number of carbonyl (C=O) groups is 3. The van der Waals surface area contributed by atoms with Crippen LogP contribution in [0.15, 0.2) is 24.3 Å². The zero-order chi connectivity index (χ0) is 13.7. The highest BCUT2D eigenvalue weighted by Crippen LogP contribution is 2.11. The smallest absolute Gasteiger partial charge is 0.253 e. The first-order valence-electron chi connectivity index (χ1n) is 5.51. The van der Waals surface area contributed by atoms with Gasteiger partial charge in [-0.2, -0.15) is 0 Å². The van der Waals surface area contributed by atoms with E-state index in [0.717, 1.165) is 0 Å². The number of amides is 2. The summed E-state index contributed by atoms with van der Waals surface area (Å²) in [4.78, 5) is 35.2. The predicted octanol–water partition coefficient (Wildman–Crippen LogP) is 1.31. The molecule has 2 amide bonds. The zero-order valence-corrected chi connectivity index (χ0v) is 10.7. The minimum Gasteiger partial charge on any atom is -0.345 e. The molecule has 0 aliphatic carbocycles. The minimum atomic E-state index is -0.353. The van der Waals surface area contributed by atoms with E-state index in [1.165, 1.54) is 11.8 Å². The standard InChI is InChI=1S/C13H16N2O3/c1-9(16)8-12(17)14-11-6-4-10(5-7-11)13(18)15(2)3/h4-7H,8H2,1-3H3,(H,14,17). The molecule has 0 bridgehead atoms. The summed E-state index contributed by atoms with van der Waals surface area (Å²) in [5.74, 6) is -0.641. The summed E-state index contributed by atoms with van der Waals surface area (Å²) in [6.45, 7) is 1.36. The van der Waals surface area contributed by atoms with Crippen molar-refractivity contribution in [2.45, 2.75) is 13.3 Å². The minimum absolute atomic E-state index is 0.100. The molecule has 0 heterocycles. The van der Waals surface area contributed by atoms with Crippen LogP contribution in [-0.4, -0.2) is 36.6 Å². The third-order valence-corrected chi connectivity index (χ3v) is 2.23. The van der Waals surface area contributed by atoms with Gasteiger partial charge in [-0.25, -0.2) is 0 Å². The fraction of sp³-hybridized carbons (Fsp3) is 0.308. The van der Waals surface area contributed by atoms with Crippen molar-refractivity contribution in [1.82, 2.24) is 4.90 Å². The Hall–Kier alpha value is -2.17. The summed E-state index contributed by atoms with van der Waals surface area (Å²) in [7, 11) is 3.34. The van der Waals surface area contributed by atoms with Crippen LogP contribution in [0.25, 0.3) is 0 Å². The summed E-state index contributed by atoms with van der Waals surface area (Å²) in [5, 5.41) is 2.58. The average molecular weight is 248 g/mol. The lowest BCUT2D eigenvalue weighted by atomic mass is 10.2. The Bertz CT molecular complexity index is 464. The lowest BCUT2D eigenvalue weighted by Crippen LogP contribution is -2.21. The molecule has 0 aliphatic heterocycles. The molecule has 0 aliphatic rings. The van der Waals surface area contributed by atoms with Crippen LogP contribution in [0.4, 0.5) is 5.69 Å². The van der Waals surface area contributed by atoms with E-state index in [1.54, 1.807) is 38.4 Å². The largest absolute Gasteiger partial charge is 0.345 e. The van der Waals surface area contributed by atoms with Crippen molar-refractivity contribution in [2.75, 3.05) is 19.4 Å². The molecule has 0 spiro atoms. The monoisotopic (exact) mass is 248 g/mol. The molecular formula is C13H16N2O3. The zero-order valence-electron chi connectivity index (χ0n) is 10.7. The van der Waals surface area contributed by atoms with Crippen molar-refractivity contribution in [3.8, 4) is 0 Å². The van der Waals surface area contributed by atoms with Crippen molar-refractivity contribution < 1.29 is 14.4 Å². The third-order valence-electron chi connectivity index (χ3n) is 2.23. The first kappa shape index (κ1) is 13.9. The van der Waals surface area contributed by atoms with Gasteiger partial charge in [-0.3, -0.25) is 14.4 Å². The Morgan fingerprint density at radius 1 is 1.11 bits per heavy atom. The highest BCUT2D eigenvalue weighted by atomic mass is 16.2. The Labute approximate surface area is 106 Å². The van der Waals surface area contributed by atoms with Crippen LogP contribution in [-0.2, 0) is 9.59 Å². The number of carbonyl (C=O) groups excluding carboxylic acids is 3. The molecule has 96 valence electrons. The molecule has 5 nitrogen and oxygen atoms in total. The molecule has 18 heavy (non-hydrogen) atoms. The first-order chi connectivity index (χ1) is 8.40. The number of hydrogen-bond acceptors (Lipinski definition) is 3. The van der Waals surface area contributed by atoms with E-state index < -0.39 is 0 Å². The van der Waals surface area contributed by atoms with Gasteiger partial charge in [-0.1, -0.05) is 0 Å². The molecule has 0 fully saturated rings. The second-order valence-corrected chi connectivity index (χ2v) is 4.20. The summed E-state index contributed by atoms with van der Waals surface area (Å²) in [5.41, 5.74) is 1.11. The van der Waals surface area contributed by atoms with Crippen LogP contribution in [0.3, 0.4) is 0 Å². The number of rotatable bonds is 4. The maximum atomic E-state index is 11.6. The topological polar surface area (TPSA) is 66.5 Å². The highest BCUT2D eigenvalue weighted by molar-refractivity contribution is 6.03. The van der Waals surface area contributed by atoms with Crippen molar-refractivity contribution in [2.24, 2.45) is 0 Å². The van der Waals surface area contributed by atoms with Crippen LogP contribution in [0.2, 0.25) is 0 Å². The molecule has 0 saturated carbocycles. The van der Waals surface area contributed by atoms with Crippen LogP contribution >= 0.6 is 0 Å². The number of nitrogens with zero attached hydrogens (tertiary/aromatic N) is 1. The maximum absolute atomic E-state index is 11.6. The van der Waals surface area contributed by atoms with E-state index in [1.807, 2.05) is 0 Å². The molecule has 0 atom stereocenters. The van der Waals surface area contributed by atoms with Crippen LogP contribution in [0, 0.1) is 0 Å². The van der Waals surface area contributed by atoms with Gasteiger partial charge >= 0.3 is 0 Å². The van der Waals surface area contributed by atoms with E-state index in [-0.39, 0.29) is 24.0 Å². The lowest BCUT2D eigenvalue weighted by Gasteiger charge is -2.10. The quantitative estimate of drug-likeness (QED) is 0.817. The normalized spacial score (nSPS) is 9.72. The number of nitrogens with one attached hydrogen (secondary N) is 1. The van der Waals surface area contributed by atoms with Crippen LogP contribution in [0.5, 0.6) is 0 Å². The Morgan fingerprint density at radius 2 is 1.67 bits per heavy atom. The second-order valence-electron chi connectivity index (χ2n) is 4.20. The van der Waals surface area contributed by atoms with Gasteiger partial charge in [0, 0.05) is 25.3 Å². The van der Waals surface area contributed by atoms with Gasteiger partial charge in [-0.15, -0.1) is 0 Å². The van der Waals surface area contributed by atoms with E-state index in [9.17, 15) is 14.4 Å². The van der Waals surface area contributed by atoms with Crippen molar-refractivity contribution in [3.63, 3.8) is 0 Å². The van der Waals surface area contributed by atoms with Crippen molar-refractivity contribution >= 4 is 23.3 Å². The summed E-state index contributed by atoms with van der Waals surface area (Å²) < 4.78 is 0. The highest BCUT2D eigenvalue weighted by Gasteiger charge is 2.09. The van der Waals surface area contributed by atoms with Gasteiger partial charge in [-0.05, 0) is 31.2 Å². The molecule has 1 rings (SSSR count). The van der Waals surface area contributed by atoms with Gasteiger partial charge in [0.15, 0.2) is 0 Å². The molecule has 1 aromatic carbocycles. The fourth-order valence-electron chi connectivity index (χ4n) is 1.39. The lowest BCUT2D eigenvalue weighted by molar-refractivity contribution is -0.124. The Balaban J connectivity index is 2.69. The Morgan fingerprint density at radius 3 is 2.11 bits per heavy atom. The predicted molar refractivity (Wildman–Crippen MR) is 68.4 cm³/mol. The van der Waals surface area contributed by atoms with Crippen molar-refractivity contribution in [1.29, 1.82) is 0 Å². The molecular weight excluding hydrogens is 232 g/mol. The number of hydrogen-bond donors (Lipinski definition) is 1. The van der Waals surface area contributed by atoms with Crippen molar-refractivity contribution in [3.05, 3.63) is 29.8 Å². The SMILES string of the molecule is CC(=O)CC(=O)Nc1ccc(C(=O)N(C)C)cc1. The van der Waals surface area contributed by atoms with Gasteiger partial charge in [0.2, 0.25) is 5.91 Å². The summed E-state index contributed by atoms with van der Waals surface area (Å²) in [6, 6.07) is 6.53. The Kier molecular flexibility index (Phi) is 4.59. The molecule has 0 radical (unpaired) electrons.